The Bertz CT molecular complexity index is 28.4. The quantitative estimate of drug-likeness (QED) is 0.445. The molecule has 0 aliphatic rings. The van der Waals surface area contributed by atoms with Crippen molar-refractivity contribution >= 4 is 23.1 Å². The van der Waals surface area contributed by atoms with Gasteiger partial charge in [0.1, 0.15) is 0 Å². The van der Waals surface area contributed by atoms with Gasteiger partial charge in [-0.25, -0.2) is 0 Å². The SMILES string of the molecule is CCCC[O-].C[CH-]CC.[Mg+2]. The molecule has 0 N–H and O–H groups in total. The van der Waals surface area contributed by atoms with Crippen LogP contribution in [0.1, 0.15) is 40.0 Å². The second-order valence-electron chi connectivity index (χ2n) is 1.87. The summed E-state index contributed by atoms with van der Waals surface area (Å²) >= 11 is 0. The minimum atomic E-state index is 0. The Balaban J connectivity index is -0.0000000910. The molecule has 0 bridgehead atoms. The van der Waals surface area contributed by atoms with Gasteiger partial charge < -0.3 is 11.5 Å². The number of hydrogen-bond donors (Lipinski definition) is 0. The fourth-order valence-electron chi connectivity index (χ4n) is 0.144. The molecule has 0 amide bonds. The van der Waals surface area contributed by atoms with E-state index in [1.807, 2.05) is 6.92 Å². The molecule has 0 aromatic heterocycles. The molecule has 0 rings (SSSR count). The van der Waals surface area contributed by atoms with Crippen LogP contribution in [0.15, 0.2) is 0 Å². The van der Waals surface area contributed by atoms with Gasteiger partial charge in [0, 0.05) is 0 Å². The minimum absolute atomic E-state index is 0. The Labute approximate surface area is 81.4 Å². The zero-order valence-corrected chi connectivity index (χ0v) is 8.94. The molecule has 0 aromatic rings. The van der Waals surface area contributed by atoms with Crippen molar-refractivity contribution in [3.8, 4) is 0 Å². The van der Waals surface area contributed by atoms with Crippen LogP contribution in [0.25, 0.3) is 0 Å². The van der Waals surface area contributed by atoms with Crippen LogP contribution >= 0.6 is 0 Å². The first-order valence-corrected chi connectivity index (χ1v) is 3.69. The molecule has 0 saturated heterocycles. The van der Waals surface area contributed by atoms with E-state index in [-0.39, 0.29) is 29.7 Å². The van der Waals surface area contributed by atoms with Crippen molar-refractivity contribution in [2.45, 2.75) is 40.0 Å². The van der Waals surface area contributed by atoms with Gasteiger partial charge in [0.15, 0.2) is 0 Å². The second-order valence-corrected chi connectivity index (χ2v) is 1.87. The second kappa shape index (κ2) is 22.6. The van der Waals surface area contributed by atoms with Crippen LogP contribution in [0.5, 0.6) is 0 Å². The van der Waals surface area contributed by atoms with E-state index >= 15 is 0 Å². The molecule has 0 aromatic carbocycles. The third-order valence-corrected chi connectivity index (χ3v) is 0.906. The summed E-state index contributed by atoms with van der Waals surface area (Å²) < 4.78 is 0. The Morgan fingerprint density at radius 3 is 1.70 bits per heavy atom. The molecule has 58 valence electrons. The average molecular weight is 155 g/mol. The van der Waals surface area contributed by atoms with E-state index in [0.717, 1.165) is 12.8 Å². The van der Waals surface area contributed by atoms with Gasteiger partial charge in [-0.3, -0.25) is 0 Å². The van der Waals surface area contributed by atoms with Crippen LogP contribution in [-0.2, 0) is 0 Å². The van der Waals surface area contributed by atoms with E-state index in [0.29, 0.717) is 0 Å². The predicted molar refractivity (Wildman–Crippen MR) is 45.8 cm³/mol. The minimum Gasteiger partial charge on any atom is -0.854 e. The summed E-state index contributed by atoms with van der Waals surface area (Å²) in [7, 11) is 0. The van der Waals surface area contributed by atoms with E-state index in [1.54, 1.807) is 0 Å². The summed E-state index contributed by atoms with van der Waals surface area (Å²) in [5.74, 6) is 0. The zero-order chi connectivity index (χ0) is 7.54. The molecule has 0 saturated carbocycles. The third kappa shape index (κ3) is 37.5. The van der Waals surface area contributed by atoms with Gasteiger partial charge >= 0.3 is 23.1 Å². The van der Waals surface area contributed by atoms with Crippen molar-refractivity contribution in [2.75, 3.05) is 6.61 Å². The van der Waals surface area contributed by atoms with Gasteiger partial charge in [0.25, 0.3) is 0 Å². The van der Waals surface area contributed by atoms with Gasteiger partial charge in [-0.15, -0.1) is 6.61 Å². The van der Waals surface area contributed by atoms with Crippen molar-refractivity contribution in [1.82, 2.24) is 0 Å². The third-order valence-electron chi connectivity index (χ3n) is 0.906. The maximum absolute atomic E-state index is 9.53. The van der Waals surface area contributed by atoms with E-state index in [9.17, 15) is 5.11 Å². The van der Waals surface area contributed by atoms with Crippen molar-refractivity contribution in [2.24, 2.45) is 0 Å². The van der Waals surface area contributed by atoms with E-state index in [1.165, 1.54) is 6.42 Å². The Hall–Kier alpha value is 0.726. The fourth-order valence-corrected chi connectivity index (χ4v) is 0.144. The summed E-state index contributed by atoms with van der Waals surface area (Å²) in [6, 6.07) is 0. The molecule has 0 radical (unpaired) electrons. The first-order valence-electron chi connectivity index (χ1n) is 3.69. The van der Waals surface area contributed by atoms with Gasteiger partial charge in [-0.05, 0) is 0 Å². The van der Waals surface area contributed by atoms with E-state index in [4.69, 9.17) is 0 Å². The summed E-state index contributed by atoms with van der Waals surface area (Å²) in [5, 5.41) is 9.53. The van der Waals surface area contributed by atoms with Crippen molar-refractivity contribution in [3.63, 3.8) is 0 Å². The van der Waals surface area contributed by atoms with E-state index in [2.05, 4.69) is 20.3 Å². The Kier molecular flexibility index (Phi) is 38.4. The summed E-state index contributed by atoms with van der Waals surface area (Å²) in [6.45, 7) is 6.29. The maximum atomic E-state index is 9.53. The van der Waals surface area contributed by atoms with Crippen LogP contribution in [-0.4, -0.2) is 29.7 Å². The molecule has 2 heteroatoms. The average Bonchev–Trinajstić information content (AvgIpc) is 1.91. The zero-order valence-electron chi connectivity index (χ0n) is 7.52. The van der Waals surface area contributed by atoms with E-state index < -0.39 is 0 Å². The van der Waals surface area contributed by atoms with Crippen LogP contribution in [0.3, 0.4) is 0 Å². The summed E-state index contributed by atoms with van der Waals surface area (Å²) in [5.41, 5.74) is 0. The molecule has 0 spiro atoms. The largest absolute Gasteiger partial charge is 2.00 e. The maximum Gasteiger partial charge on any atom is 2.00 e. The monoisotopic (exact) mass is 154 g/mol. The van der Waals surface area contributed by atoms with Crippen LogP contribution < -0.4 is 5.11 Å². The fraction of sp³-hybridized carbons (Fsp3) is 0.875. The van der Waals surface area contributed by atoms with Crippen LogP contribution in [0.4, 0.5) is 0 Å². The first-order chi connectivity index (χ1) is 4.33. The predicted octanol–water partition coefficient (Wildman–Crippen LogP) is 1.39. The molecule has 1 nitrogen and oxygen atoms in total. The number of rotatable bonds is 3. The number of hydrogen-bond acceptors (Lipinski definition) is 1. The molecular formula is C8H18MgO. The normalized spacial score (nSPS) is 7.20. The van der Waals surface area contributed by atoms with Crippen molar-refractivity contribution in [1.29, 1.82) is 0 Å². The summed E-state index contributed by atoms with van der Waals surface area (Å²) in [4.78, 5) is 0. The van der Waals surface area contributed by atoms with Gasteiger partial charge in [-0.1, -0.05) is 26.7 Å². The number of unbranched alkanes of at least 4 members (excludes halogenated alkanes) is 2. The van der Waals surface area contributed by atoms with Crippen LogP contribution in [0.2, 0.25) is 0 Å². The Morgan fingerprint density at radius 1 is 1.30 bits per heavy atom. The standard InChI is InChI=1S/C4H9O.C4H9.Mg/c1-2-3-4-5;1-3-4-2;/h2-4H2,1H3;3H,4H2,1-2H3;/q2*-1;+2. The van der Waals surface area contributed by atoms with Crippen LogP contribution in [0, 0.1) is 6.42 Å². The molecule has 0 atom stereocenters. The van der Waals surface area contributed by atoms with Gasteiger partial charge in [0.05, 0.1) is 0 Å². The molecular weight excluding hydrogens is 136 g/mol. The topological polar surface area (TPSA) is 23.1 Å². The molecule has 0 fully saturated rings. The van der Waals surface area contributed by atoms with Crippen molar-refractivity contribution in [3.05, 3.63) is 6.42 Å². The van der Waals surface area contributed by atoms with Crippen molar-refractivity contribution < 1.29 is 5.11 Å². The summed E-state index contributed by atoms with van der Waals surface area (Å²) in [6.07, 6.45) is 5.18. The molecule has 0 unspecified atom stereocenters. The smallest absolute Gasteiger partial charge is 0.854 e. The molecule has 0 aliphatic carbocycles. The molecule has 10 heavy (non-hydrogen) atoms. The molecule has 0 heterocycles. The molecule has 0 aliphatic heterocycles. The first kappa shape index (κ1) is 17.0. The van der Waals surface area contributed by atoms with Gasteiger partial charge in [0.2, 0.25) is 0 Å². The van der Waals surface area contributed by atoms with Gasteiger partial charge in [-0.2, -0.15) is 13.3 Å². The Morgan fingerprint density at radius 2 is 1.70 bits per heavy atom.